The Bertz CT molecular complexity index is 777. The molecule has 0 atom stereocenters. The first-order valence-electron chi connectivity index (χ1n) is 9.40. The number of carbonyl (C=O) groups is 1. The third-order valence-electron chi connectivity index (χ3n) is 5.81. The third kappa shape index (κ3) is 3.66. The van der Waals surface area contributed by atoms with E-state index in [9.17, 15) is 13.2 Å². The van der Waals surface area contributed by atoms with Crippen LogP contribution in [-0.2, 0) is 14.8 Å². The Kier molecular flexibility index (Phi) is 5.42. The monoisotopic (exact) mass is 379 g/mol. The maximum absolute atomic E-state index is 12.9. The maximum atomic E-state index is 12.9. The molecule has 2 aliphatic rings. The molecule has 1 saturated carbocycles. The molecular weight excluding hydrogens is 350 g/mol. The molecule has 1 heterocycles. The van der Waals surface area contributed by atoms with Gasteiger partial charge in [-0.3, -0.25) is 4.79 Å². The molecule has 7 heteroatoms. The van der Waals surface area contributed by atoms with Crippen LogP contribution < -0.4 is 5.73 Å². The molecule has 1 aromatic carbocycles. The molecule has 2 N–H and O–H groups in total. The summed E-state index contributed by atoms with van der Waals surface area (Å²) in [6, 6.07) is 5.22. The predicted molar refractivity (Wildman–Crippen MR) is 101 cm³/mol. The van der Waals surface area contributed by atoms with E-state index in [4.69, 9.17) is 5.73 Å². The molecular formula is C19H29N3O3S. The quantitative estimate of drug-likeness (QED) is 0.868. The summed E-state index contributed by atoms with van der Waals surface area (Å²) >= 11 is 0. The summed E-state index contributed by atoms with van der Waals surface area (Å²) < 4.78 is 27.3. The molecule has 0 aromatic heterocycles. The molecule has 6 nitrogen and oxygen atoms in total. The Balaban J connectivity index is 1.67. The normalized spacial score (nSPS) is 21.6. The van der Waals surface area contributed by atoms with Crippen molar-refractivity contribution in [2.75, 3.05) is 26.2 Å². The van der Waals surface area contributed by atoms with Crippen molar-refractivity contribution in [3.8, 4) is 0 Å². The standard InChI is InChI=1S/C19H29N3O3S/c1-15-6-7-17(14-16(15)2)26(24,25)22-12-10-21(11-13-22)18(23)19(20)8-4-3-5-9-19/h6-7,14H,3-5,8-13,20H2,1-2H3. The molecule has 1 aromatic rings. The fourth-order valence-electron chi connectivity index (χ4n) is 3.87. The number of sulfonamides is 1. The molecule has 0 bridgehead atoms. The van der Waals surface area contributed by atoms with Crippen molar-refractivity contribution >= 4 is 15.9 Å². The van der Waals surface area contributed by atoms with E-state index >= 15 is 0 Å². The van der Waals surface area contributed by atoms with Crippen LogP contribution in [0.2, 0.25) is 0 Å². The number of aryl methyl sites for hydroxylation is 2. The maximum Gasteiger partial charge on any atom is 0.243 e. The lowest BCUT2D eigenvalue weighted by Crippen LogP contribution is -2.60. The number of hydrogen-bond acceptors (Lipinski definition) is 4. The van der Waals surface area contributed by atoms with Crippen molar-refractivity contribution in [1.82, 2.24) is 9.21 Å². The van der Waals surface area contributed by atoms with Crippen LogP contribution in [0.3, 0.4) is 0 Å². The fraction of sp³-hybridized carbons (Fsp3) is 0.632. The number of piperazine rings is 1. The second-order valence-electron chi connectivity index (χ2n) is 7.66. The second-order valence-corrected chi connectivity index (χ2v) is 9.60. The van der Waals surface area contributed by atoms with E-state index in [0.29, 0.717) is 31.1 Å². The minimum atomic E-state index is -3.53. The fourth-order valence-corrected chi connectivity index (χ4v) is 5.37. The van der Waals surface area contributed by atoms with E-state index < -0.39 is 15.6 Å². The summed E-state index contributed by atoms with van der Waals surface area (Å²) in [5.74, 6) is -0.0135. The molecule has 3 rings (SSSR count). The van der Waals surface area contributed by atoms with Gasteiger partial charge in [0.1, 0.15) is 0 Å². The van der Waals surface area contributed by atoms with Crippen molar-refractivity contribution in [3.05, 3.63) is 29.3 Å². The first kappa shape index (κ1) is 19.3. The Morgan fingerprint density at radius 2 is 1.62 bits per heavy atom. The van der Waals surface area contributed by atoms with Crippen LogP contribution in [0.4, 0.5) is 0 Å². The molecule has 1 aliphatic heterocycles. The highest BCUT2D eigenvalue weighted by Crippen LogP contribution is 2.28. The lowest BCUT2D eigenvalue weighted by Gasteiger charge is -2.40. The lowest BCUT2D eigenvalue weighted by molar-refractivity contribution is -0.139. The zero-order chi connectivity index (χ0) is 18.9. The van der Waals surface area contributed by atoms with Gasteiger partial charge in [0.05, 0.1) is 10.4 Å². The van der Waals surface area contributed by atoms with Gasteiger partial charge >= 0.3 is 0 Å². The molecule has 26 heavy (non-hydrogen) atoms. The first-order chi connectivity index (χ1) is 12.2. The van der Waals surface area contributed by atoms with Gasteiger partial charge in [0.2, 0.25) is 15.9 Å². The van der Waals surface area contributed by atoms with Gasteiger partial charge in [0.25, 0.3) is 0 Å². The predicted octanol–water partition coefficient (Wildman–Crippen LogP) is 1.80. The number of nitrogens with zero attached hydrogens (tertiary/aromatic N) is 2. The van der Waals surface area contributed by atoms with Crippen LogP contribution in [0.1, 0.15) is 43.2 Å². The van der Waals surface area contributed by atoms with Crippen LogP contribution >= 0.6 is 0 Å². The van der Waals surface area contributed by atoms with Crippen LogP contribution in [-0.4, -0.2) is 55.2 Å². The Morgan fingerprint density at radius 3 is 2.19 bits per heavy atom. The lowest BCUT2D eigenvalue weighted by atomic mass is 9.81. The molecule has 0 spiro atoms. The van der Waals surface area contributed by atoms with Crippen LogP contribution in [0.5, 0.6) is 0 Å². The van der Waals surface area contributed by atoms with Crippen molar-refractivity contribution in [3.63, 3.8) is 0 Å². The Hall–Kier alpha value is -1.44. The van der Waals surface area contributed by atoms with Gasteiger partial charge in [-0.15, -0.1) is 0 Å². The SMILES string of the molecule is Cc1ccc(S(=O)(=O)N2CCN(C(=O)C3(N)CCCCC3)CC2)cc1C. The minimum absolute atomic E-state index is 0.0135. The molecule has 1 saturated heterocycles. The molecule has 144 valence electrons. The van der Waals surface area contributed by atoms with Crippen LogP contribution in [0.15, 0.2) is 23.1 Å². The van der Waals surface area contributed by atoms with Gasteiger partial charge in [0, 0.05) is 26.2 Å². The van der Waals surface area contributed by atoms with E-state index in [-0.39, 0.29) is 5.91 Å². The Morgan fingerprint density at radius 1 is 1.00 bits per heavy atom. The summed E-state index contributed by atoms with van der Waals surface area (Å²) in [5, 5.41) is 0. The zero-order valence-electron chi connectivity index (χ0n) is 15.7. The zero-order valence-corrected chi connectivity index (χ0v) is 16.5. The highest BCUT2D eigenvalue weighted by atomic mass is 32.2. The van der Waals surface area contributed by atoms with Gasteiger partial charge in [-0.1, -0.05) is 25.3 Å². The van der Waals surface area contributed by atoms with Gasteiger partial charge in [-0.2, -0.15) is 4.31 Å². The highest BCUT2D eigenvalue weighted by Gasteiger charge is 2.40. The average Bonchev–Trinajstić information content (AvgIpc) is 2.64. The van der Waals surface area contributed by atoms with E-state index in [1.807, 2.05) is 19.9 Å². The van der Waals surface area contributed by atoms with Crippen molar-refractivity contribution in [2.45, 2.75) is 56.4 Å². The highest BCUT2D eigenvalue weighted by molar-refractivity contribution is 7.89. The summed E-state index contributed by atoms with van der Waals surface area (Å²) in [4.78, 5) is 14.9. The number of amides is 1. The summed E-state index contributed by atoms with van der Waals surface area (Å²) in [5.41, 5.74) is 7.63. The average molecular weight is 380 g/mol. The van der Waals surface area contributed by atoms with Gasteiger partial charge < -0.3 is 10.6 Å². The van der Waals surface area contributed by atoms with E-state index in [1.165, 1.54) is 4.31 Å². The van der Waals surface area contributed by atoms with Crippen molar-refractivity contribution in [2.24, 2.45) is 5.73 Å². The van der Waals surface area contributed by atoms with E-state index in [0.717, 1.165) is 43.2 Å². The van der Waals surface area contributed by atoms with Gasteiger partial charge in [0.15, 0.2) is 0 Å². The molecule has 0 unspecified atom stereocenters. The number of rotatable bonds is 3. The largest absolute Gasteiger partial charge is 0.338 e. The van der Waals surface area contributed by atoms with E-state index in [1.54, 1.807) is 17.0 Å². The molecule has 1 amide bonds. The molecule has 0 radical (unpaired) electrons. The minimum Gasteiger partial charge on any atom is -0.338 e. The van der Waals surface area contributed by atoms with Crippen LogP contribution in [0.25, 0.3) is 0 Å². The third-order valence-corrected chi connectivity index (χ3v) is 7.71. The Labute approximate surface area is 156 Å². The van der Waals surface area contributed by atoms with Crippen molar-refractivity contribution in [1.29, 1.82) is 0 Å². The smallest absolute Gasteiger partial charge is 0.243 e. The summed E-state index contributed by atoms with van der Waals surface area (Å²) in [6.45, 7) is 5.32. The van der Waals surface area contributed by atoms with Crippen molar-refractivity contribution < 1.29 is 13.2 Å². The number of hydrogen-bond donors (Lipinski definition) is 1. The topological polar surface area (TPSA) is 83.7 Å². The van der Waals surface area contributed by atoms with E-state index in [2.05, 4.69) is 0 Å². The van der Waals surface area contributed by atoms with Crippen LogP contribution in [0, 0.1) is 13.8 Å². The number of nitrogens with two attached hydrogens (primary N) is 1. The summed E-state index contributed by atoms with van der Waals surface area (Å²) in [7, 11) is -3.53. The number of benzene rings is 1. The van der Waals surface area contributed by atoms with Gasteiger partial charge in [-0.25, -0.2) is 8.42 Å². The number of carbonyl (C=O) groups excluding carboxylic acids is 1. The second kappa shape index (κ2) is 7.29. The summed E-state index contributed by atoms with van der Waals surface area (Å²) in [6.07, 6.45) is 4.57. The van der Waals surface area contributed by atoms with Gasteiger partial charge in [-0.05, 0) is 49.9 Å². The first-order valence-corrected chi connectivity index (χ1v) is 10.8. The molecule has 2 fully saturated rings. The molecule has 1 aliphatic carbocycles.